The summed E-state index contributed by atoms with van der Waals surface area (Å²) in [6.45, 7) is 2.79. The summed E-state index contributed by atoms with van der Waals surface area (Å²) in [7, 11) is 0. The molecule has 0 radical (unpaired) electrons. The Bertz CT molecular complexity index is 995. The Kier molecular flexibility index (Phi) is 4.68. The number of carboxylic acid groups (broad SMARTS) is 1. The molecule has 1 aromatic carbocycles. The molecule has 144 valence electrons. The van der Waals surface area contributed by atoms with Crippen LogP contribution in [0.1, 0.15) is 33.3 Å². The van der Waals surface area contributed by atoms with Gasteiger partial charge in [0.25, 0.3) is 5.91 Å². The summed E-state index contributed by atoms with van der Waals surface area (Å²) < 4.78 is 6.97. The van der Waals surface area contributed by atoms with Crippen molar-refractivity contribution in [2.24, 2.45) is 5.92 Å². The van der Waals surface area contributed by atoms with Gasteiger partial charge in [0.1, 0.15) is 6.54 Å². The number of likely N-dealkylation sites (tertiary alicyclic amines) is 1. The molecule has 8 nitrogen and oxygen atoms in total. The minimum absolute atomic E-state index is 0.147. The highest BCUT2D eigenvalue weighted by atomic mass is 16.5. The molecule has 0 spiro atoms. The number of aromatic nitrogens is 3. The van der Waals surface area contributed by atoms with Gasteiger partial charge in [0.2, 0.25) is 0 Å². The van der Waals surface area contributed by atoms with Gasteiger partial charge in [-0.1, -0.05) is 35.5 Å². The number of hydrogen-bond donors (Lipinski definition) is 1. The molecule has 1 fully saturated rings. The molecule has 8 heteroatoms. The maximum atomic E-state index is 12.8. The molecule has 1 aliphatic rings. The van der Waals surface area contributed by atoms with Crippen molar-refractivity contribution in [1.29, 1.82) is 0 Å². The van der Waals surface area contributed by atoms with Crippen molar-refractivity contribution in [3.05, 3.63) is 71.4 Å². The second-order valence-corrected chi connectivity index (χ2v) is 7.07. The molecule has 0 bridgehead atoms. The summed E-state index contributed by atoms with van der Waals surface area (Å²) in [5.41, 5.74) is 2.12. The topological polar surface area (TPSA) is 101 Å². The normalized spacial score (nSPS) is 19.1. The molecule has 1 N–H and O–H groups in total. The predicted octanol–water partition coefficient (Wildman–Crippen LogP) is 2.17. The van der Waals surface area contributed by atoms with Crippen molar-refractivity contribution < 1.29 is 19.2 Å². The highest BCUT2D eigenvalue weighted by Crippen LogP contribution is 2.33. The Morgan fingerprint density at radius 2 is 2.04 bits per heavy atom. The molecule has 2 aromatic heterocycles. The number of aryl methyl sites for hydroxylation is 1. The molecule has 1 aliphatic heterocycles. The van der Waals surface area contributed by atoms with Crippen LogP contribution in [0.2, 0.25) is 0 Å². The van der Waals surface area contributed by atoms with Crippen LogP contribution in [0.3, 0.4) is 0 Å². The molecule has 4 rings (SSSR count). The first-order valence-electron chi connectivity index (χ1n) is 9.03. The number of carboxylic acids is 1. The molecular formula is C20H20N4O4. The number of hydrogen-bond acceptors (Lipinski definition) is 5. The van der Waals surface area contributed by atoms with E-state index < -0.39 is 11.9 Å². The lowest BCUT2D eigenvalue weighted by Gasteiger charge is -2.15. The summed E-state index contributed by atoms with van der Waals surface area (Å²) in [5, 5.41) is 17.7. The molecule has 3 aromatic rings. The van der Waals surface area contributed by atoms with E-state index in [0.717, 1.165) is 11.1 Å². The van der Waals surface area contributed by atoms with Crippen molar-refractivity contribution in [1.82, 2.24) is 19.8 Å². The van der Waals surface area contributed by atoms with Crippen LogP contribution in [-0.4, -0.2) is 49.9 Å². The maximum Gasteiger partial charge on any atom is 0.308 e. The Morgan fingerprint density at radius 1 is 1.25 bits per heavy atom. The SMILES string of the molecule is Cc1cnn(Cc2cc(C(=O)N3CC(C(=O)O)C(c4ccccc4)C3)no2)c1. The van der Waals surface area contributed by atoms with Crippen molar-refractivity contribution in [3.8, 4) is 0 Å². The minimum Gasteiger partial charge on any atom is -0.481 e. The number of nitrogens with zero attached hydrogens (tertiary/aromatic N) is 4. The zero-order valence-electron chi connectivity index (χ0n) is 15.4. The second kappa shape index (κ2) is 7.30. The molecule has 3 heterocycles. The Balaban J connectivity index is 1.50. The number of carbonyl (C=O) groups excluding carboxylic acids is 1. The fraction of sp³-hybridized carbons (Fsp3) is 0.300. The van der Waals surface area contributed by atoms with E-state index in [1.165, 1.54) is 4.90 Å². The summed E-state index contributed by atoms with van der Waals surface area (Å²) in [4.78, 5) is 26.1. The summed E-state index contributed by atoms with van der Waals surface area (Å²) in [6, 6.07) is 11.0. The lowest BCUT2D eigenvalue weighted by Crippen LogP contribution is -2.30. The van der Waals surface area contributed by atoms with Gasteiger partial charge in [-0.3, -0.25) is 14.3 Å². The van der Waals surface area contributed by atoms with E-state index in [9.17, 15) is 14.7 Å². The quantitative estimate of drug-likeness (QED) is 0.728. The number of carbonyl (C=O) groups is 2. The Morgan fingerprint density at radius 3 is 2.71 bits per heavy atom. The summed E-state index contributed by atoms with van der Waals surface area (Å²) in [5.74, 6) is -1.61. The Labute approximate surface area is 161 Å². The van der Waals surface area contributed by atoms with Crippen LogP contribution >= 0.6 is 0 Å². The molecular weight excluding hydrogens is 360 g/mol. The van der Waals surface area contributed by atoms with E-state index in [4.69, 9.17) is 4.52 Å². The average Bonchev–Trinajstić information content (AvgIpc) is 3.42. The molecule has 1 amide bonds. The highest BCUT2D eigenvalue weighted by Gasteiger charge is 2.41. The number of aliphatic carboxylic acids is 1. The van der Waals surface area contributed by atoms with Gasteiger partial charge in [-0.25, -0.2) is 0 Å². The van der Waals surface area contributed by atoms with Gasteiger partial charge in [0.15, 0.2) is 11.5 Å². The van der Waals surface area contributed by atoms with Gasteiger partial charge in [-0.05, 0) is 18.1 Å². The third kappa shape index (κ3) is 3.53. The van der Waals surface area contributed by atoms with Gasteiger partial charge in [0.05, 0.1) is 12.1 Å². The second-order valence-electron chi connectivity index (χ2n) is 7.07. The smallest absolute Gasteiger partial charge is 0.308 e. The standard InChI is InChI=1S/C20H20N4O4/c1-13-8-21-24(9-13)10-15-7-18(22-28-15)19(25)23-11-16(17(12-23)20(26)27)14-5-3-2-4-6-14/h2-9,16-17H,10-12H2,1H3,(H,26,27). The number of amides is 1. The number of rotatable bonds is 5. The van der Waals surface area contributed by atoms with Crippen molar-refractivity contribution in [3.63, 3.8) is 0 Å². The molecule has 2 unspecified atom stereocenters. The highest BCUT2D eigenvalue weighted by molar-refractivity contribution is 5.93. The molecule has 0 aliphatic carbocycles. The van der Waals surface area contributed by atoms with Crippen molar-refractivity contribution >= 4 is 11.9 Å². The predicted molar refractivity (Wildman–Crippen MR) is 98.8 cm³/mol. The van der Waals surface area contributed by atoms with Crippen molar-refractivity contribution in [2.75, 3.05) is 13.1 Å². The van der Waals surface area contributed by atoms with E-state index in [2.05, 4.69) is 10.3 Å². The lowest BCUT2D eigenvalue weighted by atomic mass is 9.89. The van der Waals surface area contributed by atoms with Crippen LogP contribution < -0.4 is 0 Å². The van der Waals surface area contributed by atoms with Gasteiger partial charge in [0, 0.05) is 31.3 Å². The van der Waals surface area contributed by atoms with E-state index >= 15 is 0 Å². The van der Waals surface area contributed by atoms with Gasteiger partial charge >= 0.3 is 5.97 Å². The average molecular weight is 380 g/mol. The molecule has 1 saturated heterocycles. The zero-order chi connectivity index (χ0) is 19.7. The van der Waals surface area contributed by atoms with Gasteiger partial charge in [-0.15, -0.1) is 0 Å². The monoisotopic (exact) mass is 380 g/mol. The molecule has 28 heavy (non-hydrogen) atoms. The van der Waals surface area contributed by atoms with Crippen LogP contribution in [0.4, 0.5) is 0 Å². The van der Waals surface area contributed by atoms with Crippen LogP contribution in [-0.2, 0) is 11.3 Å². The van der Waals surface area contributed by atoms with E-state index in [1.807, 2.05) is 43.5 Å². The zero-order valence-corrected chi connectivity index (χ0v) is 15.4. The fourth-order valence-electron chi connectivity index (χ4n) is 3.62. The van der Waals surface area contributed by atoms with Crippen molar-refractivity contribution in [2.45, 2.75) is 19.4 Å². The van der Waals surface area contributed by atoms with Gasteiger partial charge in [-0.2, -0.15) is 5.10 Å². The van der Waals surface area contributed by atoms with Crippen LogP contribution in [0.15, 0.2) is 53.3 Å². The maximum absolute atomic E-state index is 12.8. The first-order valence-corrected chi connectivity index (χ1v) is 9.03. The van der Waals surface area contributed by atoms with E-state index in [1.54, 1.807) is 16.9 Å². The largest absolute Gasteiger partial charge is 0.481 e. The third-order valence-corrected chi connectivity index (χ3v) is 5.01. The third-order valence-electron chi connectivity index (χ3n) is 5.01. The summed E-state index contributed by atoms with van der Waals surface area (Å²) >= 11 is 0. The molecule has 2 atom stereocenters. The van der Waals surface area contributed by atoms with Gasteiger partial charge < -0.3 is 14.5 Å². The van der Waals surface area contributed by atoms with E-state index in [0.29, 0.717) is 18.8 Å². The molecule has 0 saturated carbocycles. The van der Waals surface area contributed by atoms with Crippen LogP contribution in [0.25, 0.3) is 0 Å². The first-order chi connectivity index (χ1) is 13.5. The lowest BCUT2D eigenvalue weighted by molar-refractivity contribution is -0.141. The van der Waals surface area contributed by atoms with E-state index in [-0.39, 0.29) is 24.1 Å². The summed E-state index contributed by atoms with van der Waals surface area (Å²) in [6.07, 6.45) is 3.61. The van der Waals surface area contributed by atoms with Crippen LogP contribution in [0, 0.1) is 12.8 Å². The minimum atomic E-state index is -0.904. The fourth-order valence-corrected chi connectivity index (χ4v) is 3.62. The Hall–Kier alpha value is -3.42. The number of benzene rings is 1. The van der Waals surface area contributed by atoms with Crippen LogP contribution in [0.5, 0.6) is 0 Å². The first kappa shape index (κ1) is 18.0.